The van der Waals surface area contributed by atoms with Gasteiger partial charge in [0.1, 0.15) is 17.7 Å². The van der Waals surface area contributed by atoms with Gasteiger partial charge in [0.2, 0.25) is 5.91 Å². The fourth-order valence-electron chi connectivity index (χ4n) is 5.15. The number of hydrogen-bond donors (Lipinski definition) is 2. The van der Waals surface area contributed by atoms with Gasteiger partial charge in [-0.25, -0.2) is 4.79 Å². The molecular formula is C37H49N3O4. The predicted molar refractivity (Wildman–Crippen MR) is 177 cm³/mol. The van der Waals surface area contributed by atoms with Crippen molar-refractivity contribution in [1.29, 1.82) is 0 Å². The molecule has 2 unspecified atom stereocenters. The van der Waals surface area contributed by atoms with E-state index in [2.05, 4.69) is 17.6 Å². The molecule has 0 aliphatic carbocycles. The van der Waals surface area contributed by atoms with E-state index >= 15 is 0 Å². The molecule has 0 heterocycles. The fraction of sp³-hybridized carbons (Fsp3) is 0.432. The number of unbranched alkanes of at least 4 members (excludes halogenated alkanes) is 5. The number of hydrogen-bond acceptors (Lipinski definition) is 4. The monoisotopic (exact) mass is 599 g/mol. The number of benzene rings is 3. The number of rotatable bonds is 15. The first kappa shape index (κ1) is 34.4. The number of alkyl carbamates (subject to hydrolysis) is 1. The average Bonchev–Trinajstić information content (AvgIpc) is 2.99. The van der Waals surface area contributed by atoms with Crippen molar-refractivity contribution in [2.75, 3.05) is 11.9 Å². The highest BCUT2D eigenvalue weighted by molar-refractivity contribution is 5.99. The van der Waals surface area contributed by atoms with Crippen molar-refractivity contribution in [3.05, 3.63) is 102 Å². The molecular weight excluding hydrogens is 550 g/mol. The molecule has 0 spiro atoms. The van der Waals surface area contributed by atoms with Crippen molar-refractivity contribution in [2.24, 2.45) is 0 Å². The molecule has 3 aromatic rings. The van der Waals surface area contributed by atoms with E-state index < -0.39 is 23.8 Å². The van der Waals surface area contributed by atoms with Gasteiger partial charge in [0.15, 0.2) is 0 Å². The van der Waals surface area contributed by atoms with Crippen molar-refractivity contribution >= 4 is 23.6 Å². The van der Waals surface area contributed by atoms with Crippen LogP contribution < -0.4 is 10.6 Å². The summed E-state index contributed by atoms with van der Waals surface area (Å²) in [6.07, 6.45) is 5.78. The lowest BCUT2D eigenvalue weighted by molar-refractivity contribution is -0.140. The quantitative estimate of drug-likeness (QED) is 0.173. The van der Waals surface area contributed by atoms with Crippen LogP contribution in [0.5, 0.6) is 0 Å². The minimum absolute atomic E-state index is 0.257. The lowest BCUT2D eigenvalue weighted by Gasteiger charge is -2.35. The van der Waals surface area contributed by atoms with Gasteiger partial charge in [0.05, 0.1) is 0 Å². The average molecular weight is 600 g/mol. The van der Waals surface area contributed by atoms with E-state index in [-0.39, 0.29) is 18.2 Å². The molecule has 2 N–H and O–H groups in total. The Bertz CT molecular complexity index is 1320. The Hall–Kier alpha value is -4.13. The summed E-state index contributed by atoms with van der Waals surface area (Å²) < 4.78 is 5.56. The number of anilines is 1. The first-order valence-corrected chi connectivity index (χ1v) is 15.8. The van der Waals surface area contributed by atoms with Crippen LogP contribution in [0, 0.1) is 6.92 Å². The summed E-state index contributed by atoms with van der Waals surface area (Å²) in [5, 5.41) is 5.92. The van der Waals surface area contributed by atoms with E-state index in [0.29, 0.717) is 17.8 Å². The Balaban J connectivity index is 2.01. The van der Waals surface area contributed by atoms with Crippen LogP contribution in [0.3, 0.4) is 0 Å². The summed E-state index contributed by atoms with van der Waals surface area (Å²) in [7, 11) is 0. The van der Waals surface area contributed by atoms with Gasteiger partial charge >= 0.3 is 6.09 Å². The van der Waals surface area contributed by atoms with Gasteiger partial charge < -0.3 is 20.3 Å². The third-order valence-corrected chi connectivity index (χ3v) is 7.39. The molecule has 7 heteroatoms. The molecule has 3 amide bonds. The molecule has 0 aliphatic rings. The Labute approximate surface area is 263 Å². The Morgan fingerprint density at radius 1 is 0.795 bits per heavy atom. The SMILES string of the molecule is CCCCCCCCN(C(=O)C(Cc1ccccc1)NC(=O)OC(C)(C)C)C(C(=O)Nc1ccccc1C)c1ccccc1. The molecule has 3 aromatic carbocycles. The normalized spacial score (nSPS) is 12.6. The van der Waals surface area contributed by atoms with Gasteiger partial charge in [-0.1, -0.05) is 118 Å². The van der Waals surface area contributed by atoms with Gasteiger partial charge in [0, 0.05) is 18.7 Å². The molecule has 0 bridgehead atoms. The Morgan fingerprint density at radius 3 is 2.02 bits per heavy atom. The standard InChI is InChI=1S/C37H49N3O4/c1-6-7-8-9-10-19-26-40(33(30-23-15-12-16-24-30)34(41)38-31-25-18-17-20-28(31)2)35(42)32(27-29-21-13-11-14-22-29)39-36(43)44-37(3,4)5/h11-18,20-25,32-33H,6-10,19,26-27H2,1-5H3,(H,38,41)(H,39,43). The second-order valence-electron chi connectivity index (χ2n) is 12.3. The van der Waals surface area contributed by atoms with Crippen molar-refractivity contribution in [3.8, 4) is 0 Å². The maximum absolute atomic E-state index is 14.6. The number of aryl methyl sites for hydroxylation is 1. The van der Waals surface area contributed by atoms with Crippen molar-refractivity contribution in [1.82, 2.24) is 10.2 Å². The zero-order valence-corrected chi connectivity index (χ0v) is 27.0. The van der Waals surface area contributed by atoms with Crippen LogP contribution in [-0.2, 0) is 20.7 Å². The molecule has 0 saturated carbocycles. The number of carbonyl (C=O) groups excluding carboxylic acids is 3. The third kappa shape index (κ3) is 11.2. The van der Waals surface area contributed by atoms with E-state index in [0.717, 1.165) is 43.2 Å². The second kappa shape index (κ2) is 17.2. The molecule has 0 saturated heterocycles. The van der Waals surface area contributed by atoms with Crippen LogP contribution >= 0.6 is 0 Å². The minimum Gasteiger partial charge on any atom is -0.444 e. The smallest absolute Gasteiger partial charge is 0.408 e. The maximum Gasteiger partial charge on any atom is 0.408 e. The lowest BCUT2D eigenvalue weighted by atomic mass is 9.99. The molecule has 0 aromatic heterocycles. The molecule has 2 atom stereocenters. The van der Waals surface area contributed by atoms with Gasteiger partial charge in [-0.2, -0.15) is 0 Å². The zero-order chi connectivity index (χ0) is 32.0. The van der Waals surface area contributed by atoms with Crippen LogP contribution in [0.25, 0.3) is 0 Å². The molecule has 0 radical (unpaired) electrons. The van der Waals surface area contributed by atoms with Gasteiger partial charge in [-0.05, 0) is 56.9 Å². The first-order chi connectivity index (χ1) is 21.1. The Morgan fingerprint density at radius 2 is 1.39 bits per heavy atom. The number of nitrogens with one attached hydrogen (secondary N) is 2. The van der Waals surface area contributed by atoms with Crippen molar-refractivity contribution < 1.29 is 19.1 Å². The Kier molecular flexibility index (Phi) is 13.5. The summed E-state index contributed by atoms with van der Waals surface area (Å²) in [5.74, 6) is -0.636. The van der Waals surface area contributed by atoms with Gasteiger partial charge in [-0.15, -0.1) is 0 Å². The molecule has 0 aliphatic heterocycles. The summed E-state index contributed by atoms with van der Waals surface area (Å²) in [5.41, 5.74) is 2.48. The largest absolute Gasteiger partial charge is 0.444 e. The fourth-order valence-corrected chi connectivity index (χ4v) is 5.15. The van der Waals surface area contributed by atoms with E-state index in [1.54, 1.807) is 25.7 Å². The molecule has 3 rings (SSSR count). The summed E-state index contributed by atoms with van der Waals surface area (Å²) in [6, 6.07) is 24.7. The van der Waals surface area contributed by atoms with Crippen LogP contribution in [0.4, 0.5) is 10.5 Å². The highest BCUT2D eigenvalue weighted by Gasteiger charge is 2.36. The first-order valence-electron chi connectivity index (χ1n) is 15.8. The topological polar surface area (TPSA) is 87.7 Å². The highest BCUT2D eigenvalue weighted by Crippen LogP contribution is 2.27. The van der Waals surface area contributed by atoms with E-state index in [1.165, 1.54) is 6.42 Å². The number of para-hydroxylation sites is 1. The number of ether oxygens (including phenoxy) is 1. The zero-order valence-electron chi connectivity index (χ0n) is 27.0. The van der Waals surface area contributed by atoms with Gasteiger partial charge in [0.25, 0.3) is 5.91 Å². The number of nitrogens with zero attached hydrogens (tertiary/aromatic N) is 1. The maximum atomic E-state index is 14.6. The summed E-state index contributed by atoms with van der Waals surface area (Å²) in [4.78, 5) is 43.5. The minimum atomic E-state index is -0.940. The summed E-state index contributed by atoms with van der Waals surface area (Å²) in [6.45, 7) is 9.84. The van der Waals surface area contributed by atoms with E-state index in [4.69, 9.17) is 4.74 Å². The number of amides is 3. The van der Waals surface area contributed by atoms with Crippen LogP contribution in [0.15, 0.2) is 84.9 Å². The van der Waals surface area contributed by atoms with Crippen LogP contribution in [0.2, 0.25) is 0 Å². The highest BCUT2D eigenvalue weighted by atomic mass is 16.6. The van der Waals surface area contributed by atoms with Crippen molar-refractivity contribution in [3.63, 3.8) is 0 Å². The summed E-state index contributed by atoms with van der Waals surface area (Å²) >= 11 is 0. The van der Waals surface area contributed by atoms with Gasteiger partial charge in [-0.3, -0.25) is 9.59 Å². The van der Waals surface area contributed by atoms with Crippen LogP contribution in [0.1, 0.15) is 89.0 Å². The van der Waals surface area contributed by atoms with Crippen LogP contribution in [-0.4, -0.2) is 41.0 Å². The number of carbonyl (C=O) groups is 3. The molecule has 7 nitrogen and oxygen atoms in total. The third-order valence-electron chi connectivity index (χ3n) is 7.39. The predicted octanol–water partition coefficient (Wildman–Crippen LogP) is 8.00. The van der Waals surface area contributed by atoms with Crippen molar-refractivity contribution in [2.45, 2.75) is 97.2 Å². The van der Waals surface area contributed by atoms with E-state index in [9.17, 15) is 14.4 Å². The molecule has 236 valence electrons. The van der Waals surface area contributed by atoms with E-state index in [1.807, 2.05) is 91.9 Å². The molecule has 44 heavy (non-hydrogen) atoms. The second-order valence-corrected chi connectivity index (χ2v) is 12.3. The lowest BCUT2D eigenvalue weighted by Crippen LogP contribution is -2.53. The molecule has 0 fully saturated rings.